The third-order valence-electron chi connectivity index (χ3n) is 2.00. The maximum Gasteiger partial charge on any atom is 0.408 e. The van der Waals surface area contributed by atoms with Crippen molar-refractivity contribution in [2.24, 2.45) is 0 Å². The first-order valence-corrected chi connectivity index (χ1v) is 3.29. The minimum Gasteiger partial charge on any atom is -0.465 e. The topological polar surface area (TPSA) is 43.8 Å². The molecule has 1 saturated heterocycles. The monoisotopic (exact) mass is 144 g/mol. The second-order valence-electron chi connectivity index (χ2n) is 2.64. The van der Waals surface area contributed by atoms with E-state index in [0.29, 0.717) is 0 Å². The van der Waals surface area contributed by atoms with Crippen LogP contribution in [0.2, 0.25) is 0 Å². The molecule has 4 heteroatoms. The molecule has 0 radical (unpaired) electrons. The van der Waals surface area contributed by atoms with E-state index in [2.05, 4.69) is 0 Å². The Morgan fingerprint density at radius 2 is 2.40 bits per heavy atom. The molecule has 1 aliphatic rings. The molecule has 0 aromatic rings. The van der Waals surface area contributed by atoms with Crippen LogP contribution >= 0.6 is 0 Å². The van der Waals surface area contributed by atoms with Gasteiger partial charge in [0.2, 0.25) is 0 Å². The second kappa shape index (κ2) is 2.46. The van der Waals surface area contributed by atoms with Gasteiger partial charge in [-0.2, -0.15) is 0 Å². The Balaban J connectivity index is 2.41. The van der Waals surface area contributed by atoms with E-state index in [4.69, 9.17) is 5.11 Å². The molecule has 4 nitrogen and oxygen atoms in total. The second-order valence-corrected chi connectivity index (χ2v) is 2.64. The summed E-state index contributed by atoms with van der Waals surface area (Å²) in [6.07, 6.45) is 0.216. The van der Waals surface area contributed by atoms with Gasteiger partial charge in [-0.15, -0.1) is 0 Å². The minimum absolute atomic E-state index is 0.109. The number of nitrogens with zero attached hydrogens (tertiary/aromatic N) is 2. The predicted octanol–water partition coefficient (Wildman–Crippen LogP) is 0.258. The number of likely N-dealkylation sites (tertiary alicyclic amines) is 1. The Bertz CT molecular complexity index is 149. The summed E-state index contributed by atoms with van der Waals surface area (Å²) < 4.78 is 0. The van der Waals surface area contributed by atoms with Gasteiger partial charge < -0.3 is 5.11 Å². The van der Waals surface area contributed by atoms with E-state index < -0.39 is 6.09 Å². The molecule has 1 unspecified atom stereocenters. The van der Waals surface area contributed by atoms with Crippen molar-refractivity contribution in [1.29, 1.82) is 0 Å². The molecular weight excluding hydrogens is 132 g/mol. The Morgan fingerprint density at radius 1 is 1.80 bits per heavy atom. The zero-order chi connectivity index (χ0) is 7.72. The molecule has 58 valence electrons. The SMILES string of the molecule is CN1CCC1N(C)C(=O)O. The van der Waals surface area contributed by atoms with Crippen molar-refractivity contribution in [2.45, 2.75) is 12.6 Å². The third-order valence-corrected chi connectivity index (χ3v) is 2.00. The van der Waals surface area contributed by atoms with Gasteiger partial charge in [0.15, 0.2) is 0 Å². The van der Waals surface area contributed by atoms with Crippen LogP contribution in [0.15, 0.2) is 0 Å². The first-order chi connectivity index (χ1) is 4.63. The Kier molecular flexibility index (Phi) is 1.80. The van der Waals surface area contributed by atoms with E-state index in [9.17, 15) is 4.79 Å². The summed E-state index contributed by atoms with van der Waals surface area (Å²) in [4.78, 5) is 13.7. The van der Waals surface area contributed by atoms with Gasteiger partial charge in [-0.05, 0) is 13.5 Å². The van der Waals surface area contributed by atoms with Crippen LogP contribution < -0.4 is 0 Å². The summed E-state index contributed by atoms with van der Waals surface area (Å²) in [5, 5.41) is 8.53. The third kappa shape index (κ3) is 1.07. The fourth-order valence-electron chi connectivity index (χ4n) is 1.12. The zero-order valence-electron chi connectivity index (χ0n) is 6.24. The molecule has 1 aliphatic heterocycles. The van der Waals surface area contributed by atoms with E-state index in [1.165, 1.54) is 4.90 Å². The molecule has 1 heterocycles. The van der Waals surface area contributed by atoms with E-state index in [-0.39, 0.29) is 6.17 Å². The molecule has 1 N–H and O–H groups in total. The van der Waals surface area contributed by atoms with Crippen molar-refractivity contribution in [3.63, 3.8) is 0 Å². The lowest BCUT2D eigenvalue weighted by Crippen LogP contribution is -2.55. The normalized spacial score (nSPS) is 25.6. The molecule has 1 fully saturated rings. The highest BCUT2D eigenvalue weighted by molar-refractivity contribution is 5.65. The smallest absolute Gasteiger partial charge is 0.408 e. The van der Waals surface area contributed by atoms with Gasteiger partial charge in [-0.3, -0.25) is 9.80 Å². The summed E-state index contributed by atoms with van der Waals surface area (Å²) in [6, 6.07) is 0. The summed E-state index contributed by atoms with van der Waals surface area (Å²) in [5.74, 6) is 0. The average Bonchev–Trinajstić information content (AvgIpc) is 1.84. The highest BCUT2D eigenvalue weighted by Crippen LogP contribution is 2.16. The molecule has 0 spiro atoms. The lowest BCUT2D eigenvalue weighted by Gasteiger charge is -2.42. The number of amides is 1. The molecule has 1 atom stereocenters. The largest absolute Gasteiger partial charge is 0.465 e. The Hall–Kier alpha value is -0.770. The fourth-order valence-corrected chi connectivity index (χ4v) is 1.12. The summed E-state index contributed by atoms with van der Waals surface area (Å²) >= 11 is 0. The van der Waals surface area contributed by atoms with Crippen molar-refractivity contribution in [3.8, 4) is 0 Å². The highest BCUT2D eigenvalue weighted by Gasteiger charge is 2.30. The number of hydrogen-bond acceptors (Lipinski definition) is 2. The number of carboxylic acid groups (broad SMARTS) is 1. The first-order valence-electron chi connectivity index (χ1n) is 3.29. The maximum absolute atomic E-state index is 10.4. The molecule has 0 aromatic carbocycles. The molecule has 0 aromatic heterocycles. The molecule has 0 aliphatic carbocycles. The molecule has 10 heavy (non-hydrogen) atoms. The number of carbonyl (C=O) groups is 1. The minimum atomic E-state index is -0.850. The van der Waals surface area contributed by atoms with Crippen LogP contribution in [0.25, 0.3) is 0 Å². The summed E-state index contributed by atoms with van der Waals surface area (Å²) in [5.41, 5.74) is 0. The van der Waals surface area contributed by atoms with E-state index in [1.54, 1.807) is 7.05 Å². The molecule has 1 amide bonds. The first kappa shape index (κ1) is 7.34. The van der Waals surface area contributed by atoms with Crippen LogP contribution in [0.1, 0.15) is 6.42 Å². The van der Waals surface area contributed by atoms with Crippen molar-refractivity contribution in [1.82, 2.24) is 9.80 Å². The number of rotatable bonds is 1. The Morgan fingerprint density at radius 3 is 2.50 bits per heavy atom. The molecule has 1 rings (SSSR count). The quantitative estimate of drug-likeness (QED) is 0.574. The zero-order valence-corrected chi connectivity index (χ0v) is 6.24. The standard InChI is InChI=1S/C6H12N2O2/c1-7-4-3-5(7)8(2)6(9)10/h5H,3-4H2,1-2H3,(H,9,10). The van der Waals surface area contributed by atoms with Gasteiger partial charge in [0.1, 0.15) is 0 Å². The Labute approximate surface area is 60.0 Å². The number of hydrogen-bond donors (Lipinski definition) is 1. The molecular formula is C6H12N2O2. The molecule has 0 bridgehead atoms. The maximum atomic E-state index is 10.4. The van der Waals surface area contributed by atoms with Crippen molar-refractivity contribution < 1.29 is 9.90 Å². The van der Waals surface area contributed by atoms with Gasteiger partial charge in [0.05, 0.1) is 6.17 Å². The molecule has 0 saturated carbocycles. The van der Waals surface area contributed by atoms with Gasteiger partial charge >= 0.3 is 6.09 Å². The van der Waals surface area contributed by atoms with Crippen LogP contribution in [0.3, 0.4) is 0 Å². The summed E-state index contributed by atoms with van der Waals surface area (Å²) in [6.45, 7) is 1.00. The van der Waals surface area contributed by atoms with Gasteiger partial charge in [-0.25, -0.2) is 4.79 Å². The highest BCUT2D eigenvalue weighted by atomic mass is 16.4. The van der Waals surface area contributed by atoms with E-state index in [0.717, 1.165) is 13.0 Å². The van der Waals surface area contributed by atoms with Gasteiger partial charge in [0, 0.05) is 13.6 Å². The van der Waals surface area contributed by atoms with Crippen molar-refractivity contribution in [2.75, 3.05) is 20.6 Å². The predicted molar refractivity (Wildman–Crippen MR) is 36.8 cm³/mol. The summed E-state index contributed by atoms with van der Waals surface area (Å²) in [7, 11) is 3.52. The van der Waals surface area contributed by atoms with E-state index >= 15 is 0 Å². The lowest BCUT2D eigenvalue weighted by atomic mass is 10.1. The van der Waals surface area contributed by atoms with Crippen LogP contribution in [-0.4, -0.2) is 47.8 Å². The van der Waals surface area contributed by atoms with Crippen LogP contribution in [0, 0.1) is 0 Å². The van der Waals surface area contributed by atoms with Gasteiger partial charge in [-0.1, -0.05) is 0 Å². The lowest BCUT2D eigenvalue weighted by molar-refractivity contribution is 0.00787. The average molecular weight is 144 g/mol. The van der Waals surface area contributed by atoms with Crippen LogP contribution in [0.4, 0.5) is 4.79 Å². The van der Waals surface area contributed by atoms with Crippen LogP contribution in [-0.2, 0) is 0 Å². The van der Waals surface area contributed by atoms with Crippen LogP contribution in [0.5, 0.6) is 0 Å². The van der Waals surface area contributed by atoms with Crippen molar-refractivity contribution >= 4 is 6.09 Å². The van der Waals surface area contributed by atoms with Crippen molar-refractivity contribution in [3.05, 3.63) is 0 Å². The van der Waals surface area contributed by atoms with Gasteiger partial charge in [0.25, 0.3) is 0 Å². The fraction of sp³-hybridized carbons (Fsp3) is 0.833. The van der Waals surface area contributed by atoms with E-state index in [1.807, 2.05) is 11.9 Å².